The van der Waals surface area contributed by atoms with Gasteiger partial charge in [0.25, 0.3) is 0 Å². The molecule has 0 aliphatic carbocycles. The molecule has 0 aliphatic heterocycles. The van der Waals surface area contributed by atoms with Crippen LogP contribution in [0.25, 0.3) is 0 Å². The van der Waals surface area contributed by atoms with E-state index in [0.29, 0.717) is 28.0 Å². The largest absolute Gasteiger partial charge is 0.493 e. The Hall–Kier alpha value is -1.40. The van der Waals surface area contributed by atoms with Crippen LogP contribution in [-0.4, -0.2) is 16.9 Å². The van der Waals surface area contributed by atoms with Crippen molar-refractivity contribution in [3.8, 4) is 5.75 Å². The van der Waals surface area contributed by atoms with Gasteiger partial charge in [-0.3, -0.25) is 4.68 Å². The third-order valence-electron chi connectivity index (χ3n) is 2.98. The summed E-state index contributed by atoms with van der Waals surface area (Å²) in [4.78, 5) is 0. The topological polar surface area (TPSA) is 53.1 Å². The molecule has 0 saturated carbocycles. The van der Waals surface area contributed by atoms with Crippen LogP contribution in [0.3, 0.4) is 0 Å². The van der Waals surface area contributed by atoms with Crippen LogP contribution in [0.15, 0.2) is 28.9 Å². The number of hydrogen-bond acceptors (Lipinski definition) is 3. The second-order valence-electron chi connectivity index (χ2n) is 4.03. The van der Waals surface area contributed by atoms with Gasteiger partial charge in [-0.2, -0.15) is 5.10 Å². The van der Waals surface area contributed by atoms with E-state index < -0.39 is 6.04 Å². The zero-order chi connectivity index (χ0) is 14.0. The first-order valence-electron chi connectivity index (χ1n) is 5.89. The van der Waals surface area contributed by atoms with E-state index in [-0.39, 0.29) is 5.82 Å². The Bertz CT molecular complexity index is 564. The van der Waals surface area contributed by atoms with Crippen LogP contribution >= 0.6 is 15.9 Å². The van der Waals surface area contributed by atoms with Crippen LogP contribution in [0.4, 0.5) is 4.39 Å². The highest BCUT2D eigenvalue weighted by Gasteiger charge is 2.23. The summed E-state index contributed by atoms with van der Waals surface area (Å²) in [6, 6.07) is 4.42. The maximum Gasteiger partial charge on any atom is 0.161 e. The molecule has 0 saturated heterocycles. The maximum absolute atomic E-state index is 14.1. The smallest absolute Gasteiger partial charge is 0.161 e. The summed E-state index contributed by atoms with van der Waals surface area (Å²) in [5, 5.41) is 4.18. The minimum atomic E-state index is -0.630. The SMILES string of the molecule is CCn1ncc(OC)c1C(N)c1cccc(Br)c1F. The van der Waals surface area contributed by atoms with E-state index in [1.54, 1.807) is 36.2 Å². The standard InChI is InChI=1S/C13H15BrFN3O/c1-3-18-13(10(19-2)7-17-18)12(16)8-5-4-6-9(14)11(8)15/h4-7,12H,3,16H2,1-2H3. The van der Waals surface area contributed by atoms with Crippen LogP contribution < -0.4 is 10.5 Å². The van der Waals surface area contributed by atoms with Crippen LogP contribution in [0, 0.1) is 5.82 Å². The summed E-state index contributed by atoms with van der Waals surface area (Å²) in [5.41, 5.74) is 7.26. The molecule has 0 aliphatic rings. The number of rotatable bonds is 4. The lowest BCUT2D eigenvalue weighted by Gasteiger charge is -2.16. The van der Waals surface area contributed by atoms with Crippen molar-refractivity contribution >= 4 is 15.9 Å². The van der Waals surface area contributed by atoms with Gasteiger partial charge in [-0.25, -0.2) is 4.39 Å². The molecule has 0 spiro atoms. The molecule has 102 valence electrons. The summed E-state index contributed by atoms with van der Waals surface area (Å²) in [5.74, 6) is 0.203. The van der Waals surface area contributed by atoms with Crippen molar-refractivity contribution in [1.82, 2.24) is 9.78 Å². The van der Waals surface area contributed by atoms with Gasteiger partial charge in [-0.05, 0) is 28.9 Å². The van der Waals surface area contributed by atoms with Crippen molar-refractivity contribution in [2.24, 2.45) is 5.73 Å². The molecule has 1 heterocycles. The molecule has 0 radical (unpaired) electrons. The Balaban J connectivity index is 2.52. The van der Waals surface area contributed by atoms with E-state index in [1.807, 2.05) is 6.92 Å². The predicted octanol–water partition coefficient (Wildman–Crippen LogP) is 2.86. The third-order valence-corrected chi connectivity index (χ3v) is 3.59. The summed E-state index contributed by atoms with van der Waals surface area (Å²) in [6.45, 7) is 2.59. The van der Waals surface area contributed by atoms with Crippen molar-refractivity contribution < 1.29 is 9.13 Å². The molecule has 4 nitrogen and oxygen atoms in total. The normalized spacial score (nSPS) is 12.5. The van der Waals surface area contributed by atoms with Crippen LogP contribution in [-0.2, 0) is 6.54 Å². The monoisotopic (exact) mass is 327 g/mol. The number of aryl methyl sites for hydroxylation is 1. The molecule has 6 heteroatoms. The van der Waals surface area contributed by atoms with Crippen LogP contribution in [0.5, 0.6) is 5.75 Å². The Morgan fingerprint density at radius 1 is 1.53 bits per heavy atom. The average molecular weight is 328 g/mol. The van der Waals surface area contributed by atoms with Crippen molar-refractivity contribution in [2.75, 3.05) is 7.11 Å². The van der Waals surface area contributed by atoms with Crippen molar-refractivity contribution in [2.45, 2.75) is 19.5 Å². The highest BCUT2D eigenvalue weighted by Crippen LogP contribution is 2.31. The van der Waals surface area contributed by atoms with Gasteiger partial charge < -0.3 is 10.5 Å². The zero-order valence-corrected chi connectivity index (χ0v) is 12.3. The van der Waals surface area contributed by atoms with Crippen molar-refractivity contribution in [1.29, 1.82) is 0 Å². The molecule has 1 unspecified atom stereocenters. The quantitative estimate of drug-likeness (QED) is 0.939. The predicted molar refractivity (Wildman–Crippen MR) is 74.6 cm³/mol. The first kappa shape index (κ1) is 14.0. The molecule has 2 aromatic rings. The third kappa shape index (κ3) is 2.50. The summed E-state index contributed by atoms with van der Waals surface area (Å²) < 4.78 is 21.5. The van der Waals surface area contributed by atoms with E-state index in [9.17, 15) is 4.39 Å². The first-order chi connectivity index (χ1) is 9.10. The molecule has 2 rings (SSSR count). The van der Waals surface area contributed by atoms with Gasteiger partial charge in [0.15, 0.2) is 5.75 Å². The fourth-order valence-corrected chi connectivity index (χ4v) is 2.39. The van der Waals surface area contributed by atoms with E-state index >= 15 is 0 Å². The van der Waals surface area contributed by atoms with Gasteiger partial charge in [-0.15, -0.1) is 0 Å². The number of benzene rings is 1. The maximum atomic E-state index is 14.1. The van der Waals surface area contributed by atoms with Gasteiger partial charge in [0.1, 0.15) is 11.5 Å². The summed E-state index contributed by atoms with van der Waals surface area (Å²) in [7, 11) is 1.55. The number of ether oxygens (including phenoxy) is 1. The lowest BCUT2D eigenvalue weighted by Crippen LogP contribution is -2.19. The lowest BCUT2D eigenvalue weighted by atomic mass is 10.0. The second kappa shape index (κ2) is 5.71. The van der Waals surface area contributed by atoms with E-state index in [2.05, 4.69) is 21.0 Å². The van der Waals surface area contributed by atoms with Crippen LogP contribution in [0.2, 0.25) is 0 Å². The van der Waals surface area contributed by atoms with Crippen molar-refractivity contribution in [3.63, 3.8) is 0 Å². The average Bonchev–Trinajstić information content (AvgIpc) is 2.84. The first-order valence-corrected chi connectivity index (χ1v) is 6.68. The van der Waals surface area contributed by atoms with Crippen LogP contribution in [0.1, 0.15) is 24.2 Å². The Morgan fingerprint density at radius 3 is 2.89 bits per heavy atom. The van der Waals surface area contributed by atoms with Gasteiger partial charge in [0.05, 0.1) is 23.8 Å². The number of halogens is 2. The summed E-state index contributed by atoms with van der Waals surface area (Å²) in [6.07, 6.45) is 1.59. The van der Waals surface area contributed by atoms with Gasteiger partial charge in [-0.1, -0.05) is 12.1 Å². The zero-order valence-electron chi connectivity index (χ0n) is 10.7. The van der Waals surface area contributed by atoms with E-state index in [1.165, 1.54) is 0 Å². The molecular formula is C13H15BrFN3O. The minimum Gasteiger partial charge on any atom is -0.493 e. The van der Waals surface area contributed by atoms with E-state index in [4.69, 9.17) is 10.5 Å². The van der Waals surface area contributed by atoms with E-state index in [0.717, 1.165) is 0 Å². The number of methoxy groups -OCH3 is 1. The second-order valence-corrected chi connectivity index (χ2v) is 4.89. The minimum absolute atomic E-state index is 0.360. The molecule has 1 aromatic heterocycles. The van der Waals surface area contributed by atoms with Gasteiger partial charge in [0.2, 0.25) is 0 Å². The highest BCUT2D eigenvalue weighted by molar-refractivity contribution is 9.10. The molecule has 19 heavy (non-hydrogen) atoms. The Labute approximate surface area is 119 Å². The van der Waals surface area contributed by atoms with Gasteiger partial charge in [0, 0.05) is 12.1 Å². The van der Waals surface area contributed by atoms with Gasteiger partial charge >= 0.3 is 0 Å². The molecule has 0 fully saturated rings. The summed E-state index contributed by atoms with van der Waals surface area (Å²) >= 11 is 3.16. The Morgan fingerprint density at radius 2 is 2.26 bits per heavy atom. The highest BCUT2D eigenvalue weighted by atomic mass is 79.9. The molecular weight excluding hydrogens is 313 g/mol. The molecule has 1 atom stereocenters. The molecule has 2 N–H and O–H groups in total. The Kier molecular flexibility index (Phi) is 4.21. The molecule has 0 amide bonds. The fraction of sp³-hybridized carbons (Fsp3) is 0.308. The molecule has 0 bridgehead atoms. The number of nitrogens with zero attached hydrogens (tertiary/aromatic N) is 2. The molecule has 1 aromatic carbocycles. The number of aromatic nitrogens is 2. The number of nitrogens with two attached hydrogens (primary N) is 1. The number of hydrogen-bond donors (Lipinski definition) is 1. The fourth-order valence-electron chi connectivity index (χ4n) is 2.01. The lowest BCUT2D eigenvalue weighted by molar-refractivity contribution is 0.404. The van der Waals surface area contributed by atoms with Crippen molar-refractivity contribution in [3.05, 3.63) is 45.9 Å².